The molecule has 0 amide bonds. The maximum atomic E-state index is 12.4. The van der Waals surface area contributed by atoms with Crippen LogP contribution in [0, 0.1) is 0 Å². The number of hydrogen-bond acceptors (Lipinski definition) is 5. The van der Waals surface area contributed by atoms with Gasteiger partial charge in [-0.15, -0.1) is 0 Å². The second-order valence-corrected chi connectivity index (χ2v) is 6.34. The maximum Gasteiger partial charge on any atom is 0.343 e. The lowest BCUT2D eigenvalue weighted by atomic mass is 9.91. The van der Waals surface area contributed by atoms with Gasteiger partial charge in [-0.2, -0.15) is 0 Å². The molecule has 2 N–H and O–H groups in total. The van der Waals surface area contributed by atoms with Gasteiger partial charge in [0.15, 0.2) is 0 Å². The Hall–Kier alpha value is -2.01. The third-order valence-electron chi connectivity index (χ3n) is 4.51. The lowest BCUT2D eigenvalue weighted by Gasteiger charge is -2.16. The standard InChI is InChI=1S/C20H28O5/c1-3-5-8-14(4-2)18-19(22)16-10-9-15(24-12-7-6-11-21)13-17(16)25-20(18)23/h9-10,13-14,21-22H,3-8,11-12H2,1-2H3. The molecule has 1 unspecified atom stereocenters. The summed E-state index contributed by atoms with van der Waals surface area (Å²) in [4.78, 5) is 12.4. The summed E-state index contributed by atoms with van der Waals surface area (Å²) in [5.41, 5.74) is 0.252. The first-order chi connectivity index (χ1) is 12.1. The molecule has 25 heavy (non-hydrogen) atoms. The van der Waals surface area contributed by atoms with Gasteiger partial charge in [0, 0.05) is 12.7 Å². The number of hydrogen-bond donors (Lipinski definition) is 2. The van der Waals surface area contributed by atoms with E-state index in [1.54, 1.807) is 18.2 Å². The van der Waals surface area contributed by atoms with E-state index in [0.717, 1.165) is 32.1 Å². The molecule has 0 bridgehead atoms. The van der Waals surface area contributed by atoms with E-state index < -0.39 is 5.63 Å². The number of unbranched alkanes of at least 4 members (excludes halogenated alkanes) is 2. The molecule has 5 heteroatoms. The second-order valence-electron chi connectivity index (χ2n) is 6.34. The van der Waals surface area contributed by atoms with Gasteiger partial charge in [-0.1, -0.05) is 26.7 Å². The van der Waals surface area contributed by atoms with Crippen molar-refractivity contribution in [3.8, 4) is 11.5 Å². The van der Waals surface area contributed by atoms with Crippen LogP contribution < -0.4 is 10.4 Å². The summed E-state index contributed by atoms with van der Waals surface area (Å²) in [6.07, 6.45) is 5.14. The number of fused-ring (bicyclic) bond motifs is 1. The molecule has 5 nitrogen and oxygen atoms in total. The van der Waals surface area contributed by atoms with Gasteiger partial charge in [0.25, 0.3) is 0 Å². The molecule has 0 saturated heterocycles. The fraction of sp³-hybridized carbons (Fsp3) is 0.550. The lowest BCUT2D eigenvalue weighted by Crippen LogP contribution is -2.13. The molecule has 1 heterocycles. The van der Waals surface area contributed by atoms with Crippen LogP contribution in [-0.4, -0.2) is 23.4 Å². The van der Waals surface area contributed by atoms with Crippen LogP contribution in [0.5, 0.6) is 11.5 Å². The van der Waals surface area contributed by atoms with Crippen LogP contribution >= 0.6 is 0 Å². The van der Waals surface area contributed by atoms with E-state index in [9.17, 15) is 9.90 Å². The van der Waals surface area contributed by atoms with Crippen LogP contribution in [0.1, 0.15) is 63.9 Å². The summed E-state index contributed by atoms with van der Waals surface area (Å²) in [5, 5.41) is 20.0. The Bertz CT molecular complexity index is 735. The third kappa shape index (κ3) is 4.75. The van der Waals surface area contributed by atoms with Crippen LogP contribution in [0.25, 0.3) is 11.0 Å². The first-order valence-corrected chi connectivity index (χ1v) is 9.15. The highest BCUT2D eigenvalue weighted by Gasteiger charge is 2.21. The first kappa shape index (κ1) is 19.3. The average molecular weight is 348 g/mol. The van der Waals surface area contributed by atoms with E-state index in [1.165, 1.54) is 0 Å². The molecule has 2 aromatic rings. The summed E-state index contributed by atoms with van der Waals surface area (Å²) in [6, 6.07) is 5.12. The SMILES string of the molecule is CCCCC(CC)c1c(O)c2ccc(OCCCCO)cc2oc1=O. The Morgan fingerprint density at radius 2 is 2.00 bits per heavy atom. The summed E-state index contributed by atoms with van der Waals surface area (Å²) in [6.45, 7) is 4.75. The minimum Gasteiger partial charge on any atom is -0.507 e. The minimum absolute atomic E-state index is 0.00927. The second kappa shape index (κ2) is 9.47. The number of rotatable bonds is 10. The normalized spacial score (nSPS) is 12.4. The average Bonchev–Trinajstić information content (AvgIpc) is 2.61. The van der Waals surface area contributed by atoms with E-state index in [0.29, 0.717) is 35.3 Å². The van der Waals surface area contributed by atoms with Gasteiger partial charge in [0.1, 0.15) is 17.1 Å². The van der Waals surface area contributed by atoms with E-state index in [-0.39, 0.29) is 18.3 Å². The van der Waals surface area contributed by atoms with Crippen LogP contribution in [0.3, 0.4) is 0 Å². The fourth-order valence-corrected chi connectivity index (χ4v) is 3.04. The zero-order valence-electron chi connectivity index (χ0n) is 15.1. The zero-order chi connectivity index (χ0) is 18.2. The molecule has 1 aromatic carbocycles. The largest absolute Gasteiger partial charge is 0.507 e. The van der Waals surface area contributed by atoms with Crippen molar-refractivity contribution in [1.29, 1.82) is 0 Å². The quantitative estimate of drug-likeness (QED) is 0.493. The molecule has 2 rings (SSSR count). The van der Waals surface area contributed by atoms with Gasteiger partial charge in [-0.05, 0) is 43.7 Å². The maximum absolute atomic E-state index is 12.4. The van der Waals surface area contributed by atoms with Gasteiger partial charge in [0.05, 0.1) is 17.6 Å². The van der Waals surface area contributed by atoms with E-state index >= 15 is 0 Å². The molecular formula is C20H28O5. The van der Waals surface area contributed by atoms with E-state index in [1.807, 2.05) is 6.92 Å². The van der Waals surface area contributed by atoms with Crippen LogP contribution in [0.4, 0.5) is 0 Å². The Kier molecular flexibility index (Phi) is 7.31. The van der Waals surface area contributed by atoms with Crippen LogP contribution in [0.15, 0.2) is 27.4 Å². The Morgan fingerprint density at radius 1 is 1.20 bits per heavy atom. The van der Waals surface area contributed by atoms with Crippen molar-refractivity contribution in [2.45, 2.75) is 58.3 Å². The topological polar surface area (TPSA) is 79.9 Å². The zero-order valence-corrected chi connectivity index (χ0v) is 15.1. The number of aliphatic hydroxyl groups excluding tert-OH is 1. The monoisotopic (exact) mass is 348 g/mol. The lowest BCUT2D eigenvalue weighted by molar-refractivity contribution is 0.253. The molecular weight excluding hydrogens is 320 g/mol. The van der Waals surface area contributed by atoms with E-state index in [2.05, 4.69) is 6.92 Å². The molecule has 0 radical (unpaired) electrons. The van der Waals surface area contributed by atoms with Crippen LogP contribution in [0.2, 0.25) is 0 Å². The number of ether oxygens (including phenoxy) is 1. The summed E-state index contributed by atoms with van der Waals surface area (Å²) in [5.74, 6) is 0.620. The van der Waals surface area contributed by atoms with Gasteiger partial charge in [-0.3, -0.25) is 0 Å². The highest BCUT2D eigenvalue weighted by atomic mass is 16.5. The minimum atomic E-state index is -0.467. The number of aromatic hydroxyl groups is 1. The van der Waals surface area contributed by atoms with Crippen molar-refractivity contribution in [3.63, 3.8) is 0 Å². The molecule has 1 aromatic heterocycles. The molecule has 0 fully saturated rings. The summed E-state index contributed by atoms with van der Waals surface area (Å²) >= 11 is 0. The predicted octanol–water partition coefficient (Wildman–Crippen LogP) is 4.33. The predicted molar refractivity (Wildman–Crippen MR) is 98.5 cm³/mol. The van der Waals surface area contributed by atoms with Crippen molar-refractivity contribution in [2.24, 2.45) is 0 Å². The molecule has 138 valence electrons. The number of aliphatic hydroxyl groups is 1. The molecule has 0 aliphatic heterocycles. The van der Waals surface area contributed by atoms with Crippen molar-refractivity contribution in [2.75, 3.05) is 13.2 Å². The van der Waals surface area contributed by atoms with Gasteiger partial charge < -0.3 is 19.4 Å². The fourth-order valence-electron chi connectivity index (χ4n) is 3.04. The van der Waals surface area contributed by atoms with Gasteiger partial charge in [0.2, 0.25) is 0 Å². The highest BCUT2D eigenvalue weighted by Crippen LogP contribution is 2.35. The third-order valence-corrected chi connectivity index (χ3v) is 4.51. The summed E-state index contributed by atoms with van der Waals surface area (Å²) < 4.78 is 11.1. The van der Waals surface area contributed by atoms with Crippen LogP contribution in [-0.2, 0) is 0 Å². The molecule has 0 saturated carbocycles. The highest BCUT2D eigenvalue weighted by molar-refractivity contribution is 5.85. The smallest absolute Gasteiger partial charge is 0.343 e. The van der Waals surface area contributed by atoms with Gasteiger partial charge >= 0.3 is 5.63 Å². The number of benzene rings is 1. The summed E-state index contributed by atoms with van der Waals surface area (Å²) in [7, 11) is 0. The molecule has 0 aliphatic rings. The van der Waals surface area contributed by atoms with E-state index in [4.69, 9.17) is 14.3 Å². The van der Waals surface area contributed by atoms with Crippen molar-refractivity contribution < 1.29 is 19.4 Å². The van der Waals surface area contributed by atoms with Crippen molar-refractivity contribution >= 4 is 11.0 Å². The Morgan fingerprint density at radius 3 is 2.68 bits per heavy atom. The first-order valence-electron chi connectivity index (χ1n) is 9.15. The van der Waals surface area contributed by atoms with Gasteiger partial charge in [-0.25, -0.2) is 4.79 Å². The molecule has 0 spiro atoms. The molecule has 0 aliphatic carbocycles. The molecule has 1 atom stereocenters. The Labute approximate surface area is 148 Å². The van der Waals surface area contributed by atoms with Crippen molar-refractivity contribution in [1.82, 2.24) is 0 Å². The Balaban J connectivity index is 2.31. The van der Waals surface area contributed by atoms with Crippen molar-refractivity contribution in [3.05, 3.63) is 34.2 Å².